The number of nitrogens with one attached hydrogen (secondary N) is 1. The van der Waals surface area contributed by atoms with Crippen molar-refractivity contribution in [1.82, 2.24) is 0 Å². The summed E-state index contributed by atoms with van der Waals surface area (Å²) in [5.74, 6) is 0. The fraction of sp³-hybridized carbons (Fsp3) is 0.133. The van der Waals surface area contributed by atoms with Crippen molar-refractivity contribution in [3.05, 3.63) is 53.1 Å². The molecule has 4 heteroatoms. The van der Waals surface area contributed by atoms with Crippen LogP contribution >= 0.6 is 11.6 Å². The molecule has 3 nitrogen and oxygen atoms in total. The summed E-state index contributed by atoms with van der Waals surface area (Å²) in [5, 5.41) is 3.51. The van der Waals surface area contributed by atoms with Crippen molar-refractivity contribution in [2.45, 2.75) is 6.42 Å². The maximum atomic E-state index is 10.7. The average Bonchev–Trinajstić information content (AvgIpc) is 2.82. The number of halogens is 1. The molecule has 0 atom stereocenters. The van der Waals surface area contributed by atoms with Crippen molar-refractivity contribution in [2.75, 3.05) is 16.8 Å². The Labute approximate surface area is 116 Å². The summed E-state index contributed by atoms with van der Waals surface area (Å²) in [7, 11) is 0. The third-order valence-electron chi connectivity index (χ3n) is 3.35. The van der Waals surface area contributed by atoms with Crippen LogP contribution in [-0.4, -0.2) is 13.0 Å². The predicted octanol–water partition coefficient (Wildman–Crippen LogP) is 3.60. The highest BCUT2D eigenvalue weighted by atomic mass is 35.5. The molecule has 0 bridgehead atoms. The first kappa shape index (κ1) is 12.1. The fourth-order valence-corrected chi connectivity index (χ4v) is 2.71. The number of hydrogen-bond acceptors (Lipinski definition) is 2. The standard InChI is InChI=1S/C15H13ClN2O/c16-12-5-6-14-11(9-12)7-8-18(14)15-4-2-1-3-13(15)17-10-19/h1-6,9-10H,7-8H2,(H,17,19). The minimum Gasteiger partial charge on any atom is -0.339 e. The zero-order chi connectivity index (χ0) is 13.2. The van der Waals surface area contributed by atoms with E-state index in [9.17, 15) is 4.79 Å². The summed E-state index contributed by atoms with van der Waals surface area (Å²) in [6.07, 6.45) is 1.67. The average molecular weight is 273 g/mol. The predicted molar refractivity (Wildman–Crippen MR) is 78.3 cm³/mol. The zero-order valence-corrected chi connectivity index (χ0v) is 11.0. The van der Waals surface area contributed by atoms with Gasteiger partial charge in [-0.1, -0.05) is 23.7 Å². The molecule has 1 aliphatic heterocycles. The lowest BCUT2D eigenvalue weighted by molar-refractivity contribution is -0.105. The van der Waals surface area contributed by atoms with E-state index >= 15 is 0 Å². The number of nitrogens with zero attached hydrogens (tertiary/aromatic N) is 1. The van der Waals surface area contributed by atoms with Crippen molar-refractivity contribution >= 4 is 35.1 Å². The molecule has 0 saturated carbocycles. The van der Waals surface area contributed by atoms with E-state index in [1.807, 2.05) is 42.5 Å². The number of carbonyl (C=O) groups is 1. The van der Waals surface area contributed by atoms with Crippen molar-refractivity contribution in [3.63, 3.8) is 0 Å². The Hall–Kier alpha value is -2.00. The van der Waals surface area contributed by atoms with Gasteiger partial charge in [0, 0.05) is 17.3 Å². The molecule has 2 aromatic carbocycles. The van der Waals surface area contributed by atoms with Crippen LogP contribution in [0.1, 0.15) is 5.56 Å². The number of para-hydroxylation sites is 2. The molecule has 19 heavy (non-hydrogen) atoms. The topological polar surface area (TPSA) is 32.3 Å². The monoisotopic (exact) mass is 272 g/mol. The highest BCUT2D eigenvalue weighted by Gasteiger charge is 2.22. The molecule has 2 aromatic rings. The SMILES string of the molecule is O=CNc1ccccc1N1CCc2cc(Cl)ccc21. The minimum atomic E-state index is 0.706. The van der Waals surface area contributed by atoms with Crippen LogP contribution in [-0.2, 0) is 11.2 Å². The molecule has 3 rings (SSSR count). The summed E-state index contributed by atoms with van der Waals surface area (Å²) in [6.45, 7) is 0.896. The summed E-state index contributed by atoms with van der Waals surface area (Å²) >= 11 is 6.02. The molecule has 0 spiro atoms. The first-order chi connectivity index (χ1) is 9.29. The van der Waals surface area contributed by atoms with Gasteiger partial charge in [0.05, 0.1) is 11.4 Å². The van der Waals surface area contributed by atoms with Gasteiger partial charge in [-0.25, -0.2) is 0 Å². The van der Waals surface area contributed by atoms with Crippen LogP contribution in [0.5, 0.6) is 0 Å². The quantitative estimate of drug-likeness (QED) is 0.866. The Morgan fingerprint density at radius 1 is 1.16 bits per heavy atom. The minimum absolute atomic E-state index is 0.706. The van der Waals surface area contributed by atoms with E-state index in [0.717, 1.165) is 35.1 Å². The number of hydrogen-bond donors (Lipinski definition) is 1. The number of amides is 1. The van der Waals surface area contributed by atoms with Crippen LogP contribution in [0.2, 0.25) is 5.02 Å². The normalized spacial score (nSPS) is 13.2. The van der Waals surface area contributed by atoms with Crippen molar-refractivity contribution in [3.8, 4) is 0 Å². The van der Waals surface area contributed by atoms with Crippen molar-refractivity contribution in [1.29, 1.82) is 0 Å². The van der Waals surface area contributed by atoms with E-state index in [4.69, 9.17) is 11.6 Å². The second-order valence-electron chi connectivity index (χ2n) is 4.45. The number of benzene rings is 2. The van der Waals surface area contributed by atoms with Gasteiger partial charge in [0.15, 0.2) is 0 Å². The number of rotatable bonds is 3. The van der Waals surface area contributed by atoms with Gasteiger partial charge in [0.2, 0.25) is 6.41 Å². The number of anilines is 3. The van der Waals surface area contributed by atoms with Gasteiger partial charge >= 0.3 is 0 Å². The summed E-state index contributed by atoms with van der Waals surface area (Å²) in [5.41, 5.74) is 4.23. The third-order valence-corrected chi connectivity index (χ3v) is 3.58. The summed E-state index contributed by atoms with van der Waals surface area (Å²) in [6, 6.07) is 13.7. The fourth-order valence-electron chi connectivity index (χ4n) is 2.52. The molecular formula is C15H13ClN2O. The molecule has 1 amide bonds. The smallest absolute Gasteiger partial charge is 0.211 e. The Morgan fingerprint density at radius 2 is 2.00 bits per heavy atom. The highest BCUT2D eigenvalue weighted by Crippen LogP contribution is 2.38. The van der Waals surface area contributed by atoms with Crippen LogP contribution in [0.3, 0.4) is 0 Å². The van der Waals surface area contributed by atoms with Crippen LogP contribution in [0.4, 0.5) is 17.1 Å². The maximum Gasteiger partial charge on any atom is 0.211 e. The lowest BCUT2D eigenvalue weighted by Gasteiger charge is -2.22. The van der Waals surface area contributed by atoms with E-state index in [-0.39, 0.29) is 0 Å². The van der Waals surface area contributed by atoms with E-state index in [0.29, 0.717) is 6.41 Å². The first-order valence-corrected chi connectivity index (χ1v) is 6.52. The van der Waals surface area contributed by atoms with E-state index < -0.39 is 0 Å². The van der Waals surface area contributed by atoms with Gasteiger partial charge in [-0.3, -0.25) is 4.79 Å². The van der Waals surface area contributed by atoms with Gasteiger partial charge in [-0.05, 0) is 42.3 Å². The van der Waals surface area contributed by atoms with Crippen LogP contribution < -0.4 is 10.2 Å². The largest absolute Gasteiger partial charge is 0.339 e. The lowest BCUT2D eigenvalue weighted by atomic mass is 10.1. The Kier molecular flexibility index (Phi) is 3.13. The van der Waals surface area contributed by atoms with E-state index in [2.05, 4.69) is 10.2 Å². The molecule has 0 unspecified atom stereocenters. The lowest BCUT2D eigenvalue weighted by Crippen LogP contribution is -2.15. The molecule has 0 fully saturated rings. The first-order valence-electron chi connectivity index (χ1n) is 6.15. The molecule has 96 valence electrons. The number of fused-ring (bicyclic) bond motifs is 1. The Morgan fingerprint density at radius 3 is 2.84 bits per heavy atom. The van der Waals surface area contributed by atoms with Gasteiger partial charge in [-0.15, -0.1) is 0 Å². The van der Waals surface area contributed by atoms with Crippen molar-refractivity contribution in [2.24, 2.45) is 0 Å². The number of carbonyl (C=O) groups excluding carboxylic acids is 1. The zero-order valence-electron chi connectivity index (χ0n) is 10.3. The van der Waals surface area contributed by atoms with Gasteiger partial charge < -0.3 is 10.2 Å². The van der Waals surface area contributed by atoms with Crippen LogP contribution in [0.15, 0.2) is 42.5 Å². The Bertz CT molecular complexity index is 627. The molecule has 1 heterocycles. The molecule has 0 radical (unpaired) electrons. The molecule has 0 aromatic heterocycles. The van der Waals surface area contributed by atoms with Crippen molar-refractivity contribution < 1.29 is 4.79 Å². The summed E-state index contributed by atoms with van der Waals surface area (Å²) < 4.78 is 0. The molecular weight excluding hydrogens is 260 g/mol. The molecule has 0 saturated heterocycles. The van der Waals surface area contributed by atoms with Gasteiger partial charge in [0.1, 0.15) is 0 Å². The van der Waals surface area contributed by atoms with E-state index in [1.54, 1.807) is 0 Å². The maximum absolute atomic E-state index is 10.7. The third kappa shape index (κ3) is 2.17. The van der Waals surface area contributed by atoms with Gasteiger partial charge in [-0.2, -0.15) is 0 Å². The van der Waals surface area contributed by atoms with Crippen LogP contribution in [0.25, 0.3) is 0 Å². The molecule has 0 aliphatic carbocycles. The van der Waals surface area contributed by atoms with Crippen LogP contribution in [0, 0.1) is 0 Å². The highest BCUT2D eigenvalue weighted by molar-refractivity contribution is 6.30. The summed E-state index contributed by atoms with van der Waals surface area (Å²) in [4.78, 5) is 12.9. The molecule has 1 aliphatic rings. The molecule has 1 N–H and O–H groups in total. The van der Waals surface area contributed by atoms with Gasteiger partial charge in [0.25, 0.3) is 0 Å². The van der Waals surface area contributed by atoms with E-state index in [1.165, 1.54) is 5.56 Å². The Balaban J connectivity index is 2.04. The second-order valence-corrected chi connectivity index (χ2v) is 4.89. The second kappa shape index (κ2) is 4.94.